The monoisotopic (exact) mass is 282 g/mol. The van der Waals surface area contributed by atoms with Crippen molar-refractivity contribution in [1.82, 2.24) is 4.90 Å². The van der Waals surface area contributed by atoms with Crippen LogP contribution < -0.4 is 5.73 Å². The molecule has 0 amide bonds. The maximum Gasteiger partial charge on any atom is 0.0761 e. The van der Waals surface area contributed by atoms with Gasteiger partial charge in [0.15, 0.2) is 0 Å². The molecule has 1 aliphatic heterocycles. The van der Waals surface area contributed by atoms with Crippen molar-refractivity contribution in [3.05, 3.63) is 0 Å². The summed E-state index contributed by atoms with van der Waals surface area (Å²) in [4.78, 5) is 2.68. The molecule has 2 aliphatic rings. The highest BCUT2D eigenvalue weighted by Crippen LogP contribution is 2.43. The number of nitrogens with zero attached hydrogens (tertiary/aromatic N) is 1. The van der Waals surface area contributed by atoms with E-state index in [0.29, 0.717) is 0 Å². The Kier molecular flexibility index (Phi) is 4.54. The van der Waals surface area contributed by atoms with Gasteiger partial charge in [0.25, 0.3) is 0 Å². The van der Waals surface area contributed by atoms with E-state index in [1.54, 1.807) is 0 Å². The van der Waals surface area contributed by atoms with Crippen LogP contribution in [-0.2, 0) is 4.74 Å². The molecule has 0 bridgehead atoms. The van der Waals surface area contributed by atoms with Gasteiger partial charge in [-0.2, -0.15) is 0 Å². The molecule has 2 rings (SSSR count). The van der Waals surface area contributed by atoms with E-state index in [2.05, 4.69) is 39.5 Å². The molecule has 118 valence electrons. The van der Waals surface area contributed by atoms with Crippen molar-refractivity contribution in [2.24, 2.45) is 11.7 Å². The Morgan fingerprint density at radius 1 is 1.10 bits per heavy atom. The highest BCUT2D eigenvalue weighted by molar-refractivity contribution is 5.04. The summed E-state index contributed by atoms with van der Waals surface area (Å²) in [5.74, 6) is 0.742. The van der Waals surface area contributed by atoms with Gasteiger partial charge in [-0.3, -0.25) is 4.90 Å². The first kappa shape index (κ1) is 16.3. The van der Waals surface area contributed by atoms with E-state index in [-0.39, 0.29) is 16.7 Å². The van der Waals surface area contributed by atoms with E-state index in [1.165, 1.54) is 32.1 Å². The number of nitrogens with two attached hydrogens (primary N) is 1. The third-order valence-electron chi connectivity index (χ3n) is 5.34. The van der Waals surface area contributed by atoms with Gasteiger partial charge in [-0.15, -0.1) is 0 Å². The van der Waals surface area contributed by atoms with Gasteiger partial charge < -0.3 is 10.5 Å². The Hall–Kier alpha value is -0.120. The van der Waals surface area contributed by atoms with Crippen molar-refractivity contribution in [2.45, 2.75) is 83.5 Å². The first-order valence-corrected chi connectivity index (χ1v) is 8.40. The van der Waals surface area contributed by atoms with Crippen molar-refractivity contribution in [2.75, 3.05) is 19.6 Å². The maximum atomic E-state index is 6.33. The molecule has 1 saturated carbocycles. The Labute approximate surface area is 125 Å². The first-order valence-electron chi connectivity index (χ1n) is 8.40. The van der Waals surface area contributed by atoms with E-state index >= 15 is 0 Å². The summed E-state index contributed by atoms with van der Waals surface area (Å²) >= 11 is 0. The third-order valence-corrected chi connectivity index (χ3v) is 5.34. The molecule has 2 unspecified atom stereocenters. The van der Waals surface area contributed by atoms with Crippen molar-refractivity contribution in [1.29, 1.82) is 0 Å². The normalized spacial score (nSPS) is 37.8. The number of rotatable bonds is 3. The minimum atomic E-state index is -0.0837. The fourth-order valence-corrected chi connectivity index (χ4v) is 4.80. The van der Waals surface area contributed by atoms with Crippen LogP contribution in [0, 0.1) is 5.92 Å². The standard InChI is InChI=1S/C17H34N2O/c1-6-14-9-7-8-10-17(14,11-18)19-12-15(2,3)20-16(4,5)13-19/h14H,6-13,18H2,1-5H3. The maximum absolute atomic E-state index is 6.33. The zero-order valence-electron chi connectivity index (χ0n) is 14.2. The smallest absolute Gasteiger partial charge is 0.0761 e. The molecule has 1 aliphatic carbocycles. The van der Waals surface area contributed by atoms with Crippen molar-refractivity contribution < 1.29 is 4.74 Å². The largest absolute Gasteiger partial charge is 0.367 e. The molecule has 20 heavy (non-hydrogen) atoms. The Balaban J connectivity index is 2.29. The molecule has 3 heteroatoms. The molecule has 0 spiro atoms. The Morgan fingerprint density at radius 3 is 2.20 bits per heavy atom. The summed E-state index contributed by atoms with van der Waals surface area (Å²) in [6, 6.07) is 0. The van der Waals surface area contributed by atoms with Gasteiger partial charge in [0.05, 0.1) is 11.2 Å². The SMILES string of the molecule is CCC1CCCCC1(CN)N1CC(C)(C)OC(C)(C)C1. The summed E-state index contributed by atoms with van der Waals surface area (Å²) in [6.45, 7) is 14.0. The zero-order chi connectivity index (χ0) is 15.0. The molecule has 1 heterocycles. The quantitative estimate of drug-likeness (QED) is 0.864. The number of hydrogen-bond donors (Lipinski definition) is 1. The predicted molar refractivity (Wildman–Crippen MR) is 84.9 cm³/mol. The van der Waals surface area contributed by atoms with Crippen LogP contribution in [-0.4, -0.2) is 41.3 Å². The van der Waals surface area contributed by atoms with E-state index in [4.69, 9.17) is 10.5 Å². The van der Waals surface area contributed by atoms with Gasteiger partial charge in [-0.25, -0.2) is 0 Å². The van der Waals surface area contributed by atoms with Crippen LogP contribution in [0.25, 0.3) is 0 Å². The molecule has 2 fully saturated rings. The third kappa shape index (κ3) is 3.05. The lowest BCUT2D eigenvalue weighted by Gasteiger charge is -2.58. The fraction of sp³-hybridized carbons (Fsp3) is 1.00. The summed E-state index contributed by atoms with van der Waals surface area (Å²) in [7, 11) is 0. The molecular weight excluding hydrogens is 248 g/mol. The second-order valence-electron chi connectivity index (χ2n) is 8.14. The lowest BCUT2D eigenvalue weighted by Crippen LogP contribution is -2.68. The lowest BCUT2D eigenvalue weighted by atomic mass is 9.69. The summed E-state index contributed by atoms with van der Waals surface area (Å²) in [5, 5.41) is 0. The Morgan fingerprint density at radius 2 is 1.70 bits per heavy atom. The van der Waals surface area contributed by atoms with Crippen molar-refractivity contribution >= 4 is 0 Å². The predicted octanol–water partition coefficient (Wildman–Crippen LogP) is 3.17. The molecule has 0 aromatic rings. The van der Waals surface area contributed by atoms with E-state index in [9.17, 15) is 0 Å². The first-order chi connectivity index (χ1) is 9.25. The summed E-state index contributed by atoms with van der Waals surface area (Å²) in [6.07, 6.45) is 6.54. The van der Waals surface area contributed by atoms with E-state index in [1.807, 2.05) is 0 Å². The van der Waals surface area contributed by atoms with E-state index < -0.39 is 0 Å². The number of hydrogen-bond acceptors (Lipinski definition) is 3. The molecule has 3 nitrogen and oxygen atoms in total. The number of morpholine rings is 1. The number of ether oxygens (including phenoxy) is 1. The minimum absolute atomic E-state index is 0.0837. The van der Waals surface area contributed by atoms with Crippen LogP contribution in [0.4, 0.5) is 0 Å². The van der Waals surface area contributed by atoms with Gasteiger partial charge in [0, 0.05) is 25.2 Å². The molecule has 0 radical (unpaired) electrons. The molecule has 2 N–H and O–H groups in total. The Bertz CT molecular complexity index is 324. The van der Waals surface area contributed by atoms with Crippen molar-refractivity contribution in [3.8, 4) is 0 Å². The van der Waals surface area contributed by atoms with Gasteiger partial charge in [0.2, 0.25) is 0 Å². The van der Waals surface area contributed by atoms with Crippen molar-refractivity contribution in [3.63, 3.8) is 0 Å². The second kappa shape index (κ2) is 5.58. The van der Waals surface area contributed by atoms with Gasteiger partial charge in [-0.05, 0) is 46.5 Å². The minimum Gasteiger partial charge on any atom is -0.367 e. The van der Waals surface area contributed by atoms with Gasteiger partial charge >= 0.3 is 0 Å². The van der Waals surface area contributed by atoms with Gasteiger partial charge in [0.1, 0.15) is 0 Å². The average Bonchev–Trinajstić information content (AvgIpc) is 2.34. The second-order valence-corrected chi connectivity index (χ2v) is 8.14. The van der Waals surface area contributed by atoms with Crippen LogP contribution in [0.1, 0.15) is 66.7 Å². The molecule has 0 aromatic heterocycles. The lowest BCUT2D eigenvalue weighted by molar-refractivity contribution is -0.208. The summed E-state index contributed by atoms with van der Waals surface area (Å²) in [5.41, 5.74) is 6.36. The molecule has 1 saturated heterocycles. The highest BCUT2D eigenvalue weighted by Gasteiger charge is 2.49. The highest BCUT2D eigenvalue weighted by atomic mass is 16.5. The zero-order valence-corrected chi connectivity index (χ0v) is 14.2. The average molecular weight is 282 g/mol. The summed E-state index contributed by atoms with van der Waals surface area (Å²) < 4.78 is 6.26. The molecule has 2 atom stereocenters. The van der Waals surface area contributed by atoms with Crippen LogP contribution in [0.5, 0.6) is 0 Å². The van der Waals surface area contributed by atoms with Crippen LogP contribution >= 0.6 is 0 Å². The van der Waals surface area contributed by atoms with Gasteiger partial charge in [-0.1, -0.05) is 26.2 Å². The molecule has 0 aromatic carbocycles. The topological polar surface area (TPSA) is 38.5 Å². The fourth-order valence-electron chi connectivity index (χ4n) is 4.80. The molecular formula is C17H34N2O. The van der Waals surface area contributed by atoms with Crippen LogP contribution in [0.2, 0.25) is 0 Å². The van der Waals surface area contributed by atoms with E-state index in [0.717, 1.165) is 25.6 Å². The van der Waals surface area contributed by atoms with Crippen LogP contribution in [0.15, 0.2) is 0 Å². The van der Waals surface area contributed by atoms with Crippen LogP contribution in [0.3, 0.4) is 0 Å².